The van der Waals surface area contributed by atoms with Gasteiger partial charge in [-0.3, -0.25) is 9.78 Å². The quantitative estimate of drug-likeness (QED) is 0.515. The van der Waals surface area contributed by atoms with Gasteiger partial charge in [-0.2, -0.15) is 18.4 Å². The molecule has 0 aliphatic carbocycles. The van der Waals surface area contributed by atoms with Gasteiger partial charge in [0, 0.05) is 37.5 Å². The second-order valence-corrected chi connectivity index (χ2v) is 8.80. The second-order valence-electron chi connectivity index (χ2n) is 8.80. The molecule has 3 aromatic rings. The van der Waals surface area contributed by atoms with Gasteiger partial charge in [-0.1, -0.05) is 0 Å². The van der Waals surface area contributed by atoms with Crippen LogP contribution in [0.1, 0.15) is 35.7 Å². The summed E-state index contributed by atoms with van der Waals surface area (Å²) in [6, 6.07) is 6.46. The fourth-order valence-corrected chi connectivity index (χ4v) is 4.96. The maximum Gasteiger partial charge on any atom is 0.451 e. The molecule has 8 nitrogen and oxygen atoms in total. The van der Waals surface area contributed by atoms with Crippen LogP contribution in [0.25, 0.3) is 10.9 Å². The molecule has 0 radical (unpaired) electrons. The number of alkyl halides is 3. The monoisotopic (exact) mass is 487 g/mol. The number of carbonyl (C=O) groups excluding carboxylic acids is 1. The van der Waals surface area contributed by atoms with Crippen LogP contribution in [0.15, 0.2) is 18.2 Å². The average molecular weight is 487 g/mol. The first-order valence-electron chi connectivity index (χ1n) is 11.2. The Bertz CT molecular complexity index is 1350. The molecule has 0 unspecified atom stereocenters. The van der Waals surface area contributed by atoms with Crippen molar-refractivity contribution in [3.05, 3.63) is 46.9 Å². The first-order valence-corrected chi connectivity index (χ1v) is 11.2. The zero-order valence-electron chi connectivity index (χ0n) is 18.8. The van der Waals surface area contributed by atoms with E-state index in [1.807, 2.05) is 4.90 Å². The highest BCUT2D eigenvalue weighted by Crippen LogP contribution is 2.35. The van der Waals surface area contributed by atoms with E-state index in [9.17, 15) is 27.6 Å². The summed E-state index contributed by atoms with van der Waals surface area (Å²) in [6.07, 6.45) is -3.59. The van der Waals surface area contributed by atoms with E-state index in [1.54, 1.807) is 13.0 Å². The Kier molecular flexibility index (Phi) is 5.57. The smallest absolute Gasteiger partial charge is 0.370 e. The third-order valence-corrected chi connectivity index (χ3v) is 6.69. The summed E-state index contributed by atoms with van der Waals surface area (Å²) in [6.45, 7) is 2.81. The summed E-state index contributed by atoms with van der Waals surface area (Å²) in [7, 11) is 0. The molecular weight excluding hydrogens is 466 g/mol. The molecule has 4 heterocycles. The lowest BCUT2D eigenvalue weighted by molar-refractivity contribution is -0.148. The number of hydrogen-bond acceptors (Lipinski definition) is 6. The maximum absolute atomic E-state index is 14.0. The molecule has 0 bridgehead atoms. The Balaban J connectivity index is 1.32. The number of rotatable bonds is 2. The van der Waals surface area contributed by atoms with Crippen molar-refractivity contribution < 1.29 is 22.4 Å². The number of pyridine rings is 1. The topological polar surface area (TPSA) is 90.9 Å². The number of nitrogens with zero attached hydrogens (tertiary/aromatic N) is 7. The molecule has 35 heavy (non-hydrogen) atoms. The summed E-state index contributed by atoms with van der Waals surface area (Å²) < 4.78 is 54.3. The summed E-state index contributed by atoms with van der Waals surface area (Å²) in [4.78, 5) is 21.1. The van der Waals surface area contributed by atoms with Crippen LogP contribution < -0.4 is 4.90 Å². The van der Waals surface area contributed by atoms with E-state index in [1.165, 1.54) is 17.0 Å². The number of benzene rings is 1. The molecule has 2 aliphatic rings. The number of carbonyl (C=O) groups is 1. The van der Waals surface area contributed by atoms with E-state index in [-0.39, 0.29) is 37.3 Å². The molecule has 1 aromatic carbocycles. The minimum Gasteiger partial charge on any atom is -0.370 e. The Morgan fingerprint density at radius 1 is 1.14 bits per heavy atom. The molecule has 0 saturated carbocycles. The SMILES string of the molecule is Cc1nc2ccc(F)cc2c(N2CCC(C(=O)N3CCn4c(nnc4C(F)(F)F)C3)CC2)c1C#N. The van der Waals surface area contributed by atoms with Crippen LogP contribution in [0.3, 0.4) is 0 Å². The summed E-state index contributed by atoms with van der Waals surface area (Å²) in [5.41, 5.74) is 2.14. The molecule has 1 amide bonds. The zero-order valence-corrected chi connectivity index (χ0v) is 18.8. The van der Waals surface area contributed by atoms with Gasteiger partial charge in [-0.05, 0) is 38.0 Å². The first-order chi connectivity index (χ1) is 16.7. The van der Waals surface area contributed by atoms with Gasteiger partial charge >= 0.3 is 6.18 Å². The van der Waals surface area contributed by atoms with E-state index in [2.05, 4.69) is 21.3 Å². The van der Waals surface area contributed by atoms with Crippen LogP contribution in [0.5, 0.6) is 0 Å². The van der Waals surface area contributed by atoms with Crippen molar-refractivity contribution in [2.45, 2.75) is 39.0 Å². The lowest BCUT2D eigenvalue weighted by atomic mass is 9.93. The predicted octanol–water partition coefficient (Wildman–Crippen LogP) is 3.42. The van der Waals surface area contributed by atoms with Gasteiger partial charge in [-0.25, -0.2) is 4.39 Å². The number of aryl methyl sites for hydroxylation is 1. The van der Waals surface area contributed by atoms with Crippen LogP contribution in [0.2, 0.25) is 0 Å². The third kappa shape index (κ3) is 4.05. The van der Waals surface area contributed by atoms with E-state index in [0.717, 1.165) is 4.57 Å². The largest absolute Gasteiger partial charge is 0.451 e. The summed E-state index contributed by atoms with van der Waals surface area (Å²) in [5.74, 6) is -1.79. The van der Waals surface area contributed by atoms with Crippen LogP contribution in [-0.4, -0.2) is 50.2 Å². The minimum absolute atomic E-state index is 0.0128. The number of hydrogen-bond donors (Lipinski definition) is 0. The number of amides is 1. The predicted molar refractivity (Wildman–Crippen MR) is 117 cm³/mol. The molecular formula is C23H21F4N7O. The summed E-state index contributed by atoms with van der Waals surface area (Å²) in [5, 5.41) is 17.2. The van der Waals surface area contributed by atoms with Crippen LogP contribution in [0.4, 0.5) is 23.2 Å². The Hall–Kier alpha value is -3.75. The van der Waals surface area contributed by atoms with Gasteiger partial charge in [0.15, 0.2) is 5.82 Å². The van der Waals surface area contributed by atoms with Crippen LogP contribution in [0, 0.1) is 30.0 Å². The van der Waals surface area contributed by atoms with Crippen molar-refractivity contribution in [3.8, 4) is 6.07 Å². The highest BCUT2D eigenvalue weighted by Gasteiger charge is 2.40. The zero-order chi connectivity index (χ0) is 24.9. The fraction of sp³-hybridized carbons (Fsp3) is 0.435. The van der Waals surface area contributed by atoms with Crippen molar-refractivity contribution in [2.75, 3.05) is 24.5 Å². The van der Waals surface area contributed by atoms with Crippen molar-refractivity contribution >= 4 is 22.5 Å². The van der Waals surface area contributed by atoms with Gasteiger partial charge < -0.3 is 14.4 Å². The number of piperidine rings is 1. The van der Waals surface area contributed by atoms with Crippen molar-refractivity contribution in [1.29, 1.82) is 5.26 Å². The normalized spacial score (nSPS) is 16.9. The number of fused-ring (bicyclic) bond motifs is 2. The molecule has 5 rings (SSSR count). The van der Waals surface area contributed by atoms with Gasteiger partial charge in [0.05, 0.1) is 29.0 Å². The summed E-state index contributed by atoms with van der Waals surface area (Å²) >= 11 is 0. The molecule has 0 spiro atoms. The Morgan fingerprint density at radius 2 is 1.89 bits per heavy atom. The molecule has 2 aromatic heterocycles. The maximum atomic E-state index is 14.0. The molecule has 1 fully saturated rings. The minimum atomic E-state index is -4.59. The molecule has 1 saturated heterocycles. The average Bonchev–Trinajstić information content (AvgIpc) is 3.27. The lowest BCUT2D eigenvalue weighted by Crippen LogP contribution is -2.45. The van der Waals surface area contributed by atoms with Gasteiger partial charge in [0.1, 0.15) is 11.9 Å². The molecule has 0 N–H and O–H groups in total. The second kappa shape index (κ2) is 8.48. The van der Waals surface area contributed by atoms with Gasteiger partial charge in [0.25, 0.3) is 0 Å². The van der Waals surface area contributed by atoms with Gasteiger partial charge in [-0.15, -0.1) is 10.2 Å². The van der Waals surface area contributed by atoms with Crippen molar-refractivity contribution in [1.82, 2.24) is 24.6 Å². The molecule has 2 aliphatic heterocycles. The van der Waals surface area contributed by atoms with Crippen LogP contribution >= 0.6 is 0 Å². The standard InChI is InChI=1S/C23H21F4N7O/c1-13-17(11-28)20(16-10-15(24)2-3-18(16)29-13)32-6-4-14(5-7-32)21(35)33-8-9-34-19(12-33)30-31-22(34)23(25,26)27/h2-3,10,14H,4-9,12H2,1H3. The number of nitriles is 1. The molecule has 182 valence electrons. The number of anilines is 1. The number of aromatic nitrogens is 4. The van der Waals surface area contributed by atoms with E-state index < -0.39 is 17.8 Å². The van der Waals surface area contributed by atoms with Crippen molar-refractivity contribution in [3.63, 3.8) is 0 Å². The highest BCUT2D eigenvalue weighted by molar-refractivity contribution is 5.95. The highest BCUT2D eigenvalue weighted by atomic mass is 19.4. The van der Waals surface area contributed by atoms with E-state index in [0.29, 0.717) is 53.8 Å². The van der Waals surface area contributed by atoms with Crippen LogP contribution in [-0.2, 0) is 24.1 Å². The third-order valence-electron chi connectivity index (χ3n) is 6.69. The van der Waals surface area contributed by atoms with Gasteiger partial charge in [0.2, 0.25) is 11.7 Å². The molecule has 12 heteroatoms. The Labute approximate surface area is 197 Å². The van der Waals surface area contributed by atoms with E-state index in [4.69, 9.17) is 0 Å². The van der Waals surface area contributed by atoms with E-state index >= 15 is 0 Å². The Morgan fingerprint density at radius 3 is 2.57 bits per heavy atom. The van der Waals surface area contributed by atoms with Crippen molar-refractivity contribution in [2.24, 2.45) is 5.92 Å². The fourth-order valence-electron chi connectivity index (χ4n) is 4.96. The first kappa shape index (κ1) is 23.0. The molecule has 0 atom stereocenters. The lowest BCUT2D eigenvalue weighted by Gasteiger charge is -2.37. The number of halogens is 4.